The highest BCUT2D eigenvalue weighted by molar-refractivity contribution is 5.98. The summed E-state index contributed by atoms with van der Waals surface area (Å²) in [5, 5.41) is 13.1. The van der Waals surface area contributed by atoms with Crippen LogP contribution in [0.15, 0.2) is 0 Å². The molecule has 4 rings (SSSR count). The summed E-state index contributed by atoms with van der Waals surface area (Å²) in [7, 11) is 0. The zero-order valence-electron chi connectivity index (χ0n) is 19.8. The number of amides is 2. The van der Waals surface area contributed by atoms with Crippen molar-refractivity contribution in [2.45, 2.75) is 57.4 Å². The van der Waals surface area contributed by atoms with Crippen LogP contribution in [0.1, 0.15) is 33.6 Å². The third-order valence-electron chi connectivity index (χ3n) is 7.69. The topological polar surface area (TPSA) is 118 Å². The number of hydrogen-bond donors (Lipinski definition) is 2. The zero-order chi connectivity index (χ0) is 23.8. The molecule has 0 aromatic heterocycles. The van der Waals surface area contributed by atoms with Crippen molar-refractivity contribution in [3.8, 4) is 0 Å². The van der Waals surface area contributed by atoms with Crippen LogP contribution in [0.3, 0.4) is 0 Å². The van der Waals surface area contributed by atoms with E-state index in [1.54, 1.807) is 6.92 Å². The maximum atomic E-state index is 13.8. The Morgan fingerprint density at radius 1 is 1.30 bits per heavy atom. The second-order valence-electron chi connectivity index (χ2n) is 9.79. The van der Waals surface area contributed by atoms with Gasteiger partial charge in [-0.05, 0) is 25.7 Å². The van der Waals surface area contributed by atoms with E-state index >= 15 is 0 Å². The Morgan fingerprint density at radius 3 is 2.67 bits per heavy atom. The molecule has 186 valence electrons. The van der Waals surface area contributed by atoms with Gasteiger partial charge in [0, 0.05) is 26.2 Å². The number of fused-ring (bicyclic) bond motifs is 1. The minimum atomic E-state index is -1.06. The van der Waals surface area contributed by atoms with Crippen molar-refractivity contribution < 1.29 is 33.7 Å². The summed E-state index contributed by atoms with van der Waals surface area (Å²) >= 11 is 0. The van der Waals surface area contributed by atoms with Crippen molar-refractivity contribution in [2.75, 3.05) is 52.6 Å². The van der Waals surface area contributed by atoms with Gasteiger partial charge >= 0.3 is 5.97 Å². The van der Waals surface area contributed by atoms with Crippen LogP contribution in [-0.2, 0) is 28.6 Å². The average molecular weight is 468 g/mol. The van der Waals surface area contributed by atoms with Gasteiger partial charge in [0.25, 0.3) is 0 Å². The second kappa shape index (κ2) is 9.85. The highest BCUT2D eigenvalue weighted by atomic mass is 16.6. The van der Waals surface area contributed by atoms with Gasteiger partial charge < -0.3 is 29.5 Å². The summed E-state index contributed by atoms with van der Waals surface area (Å²) in [5.74, 6) is -2.58. The number of carbonyl (C=O) groups excluding carboxylic acids is 3. The quantitative estimate of drug-likeness (QED) is 0.431. The average Bonchev–Trinajstić information content (AvgIpc) is 3.43. The molecule has 4 heterocycles. The van der Waals surface area contributed by atoms with E-state index in [9.17, 15) is 19.5 Å². The largest absolute Gasteiger partial charge is 0.466 e. The molecular weight excluding hydrogens is 430 g/mol. The van der Waals surface area contributed by atoms with Gasteiger partial charge in [-0.3, -0.25) is 19.3 Å². The van der Waals surface area contributed by atoms with Gasteiger partial charge in [-0.15, -0.1) is 0 Å². The molecule has 0 radical (unpaired) electrons. The number of carbonyl (C=O) groups is 3. The first kappa shape index (κ1) is 24.4. The molecular formula is C23H37N3O7. The van der Waals surface area contributed by atoms with Gasteiger partial charge in [0.1, 0.15) is 11.6 Å². The first-order valence-electron chi connectivity index (χ1n) is 12.2. The van der Waals surface area contributed by atoms with Crippen LogP contribution in [0.5, 0.6) is 0 Å². The van der Waals surface area contributed by atoms with Gasteiger partial charge in [0.15, 0.2) is 0 Å². The van der Waals surface area contributed by atoms with Crippen LogP contribution in [-0.4, -0.2) is 109 Å². The molecule has 0 aliphatic carbocycles. The number of rotatable bonds is 9. The Kier molecular flexibility index (Phi) is 7.28. The number of hydrogen-bond acceptors (Lipinski definition) is 8. The lowest BCUT2D eigenvalue weighted by molar-refractivity contribution is -0.155. The van der Waals surface area contributed by atoms with E-state index < -0.39 is 41.6 Å². The van der Waals surface area contributed by atoms with Gasteiger partial charge in [-0.25, -0.2) is 0 Å². The molecule has 4 fully saturated rings. The predicted molar refractivity (Wildman–Crippen MR) is 117 cm³/mol. The number of nitrogens with one attached hydrogen (secondary N) is 1. The molecule has 33 heavy (non-hydrogen) atoms. The fourth-order valence-electron chi connectivity index (χ4n) is 6.13. The van der Waals surface area contributed by atoms with Crippen molar-refractivity contribution >= 4 is 17.8 Å². The van der Waals surface area contributed by atoms with Crippen molar-refractivity contribution in [3.63, 3.8) is 0 Å². The Bertz CT molecular complexity index is 756. The maximum absolute atomic E-state index is 13.8. The number of morpholine rings is 1. The van der Waals surface area contributed by atoms with Gasteiger partial charge in [0.05, 0.1) is 50.4 Å². The molecule has 2 bridgehead atoms. The predicted octanol–water partition coefficient (Wildman–Crippen LogP) is -0.611. The van der Waals surface area contributed by atoms with Crippen molar-refractivity contribution in [1.29, 1.82) is 0 Å². The number of likely N-dealkylation sites (tertiary alicyclic amines) is 1. The number of aliphatic hydroxyl groups excluding tert-OH is 1. The Balaban J connectivity index is 1.59. The third kappa shape index (κ3) is 4.15. The van der Waals surface area contributed by atoms with Crippen LogP contribution in [0, 0.1) is 17.8 Å². The molecule has 2 unspecified atom stereocenters. The molecule has 4 aliphatic heterocycles. The monoisotopic (exact) mass is 467 g/mol. The molecule has 2 N–H and O–H groups in total. The van der Waals surface area contributed by atoms with E-state index in [0.29, 0.717) is 39.1 Å². The van der Waals surface area contributed by atoms with E-state index in [-0.39, 0.29) is 30.9 Å². The summed E-state index contributed by atoms with van der Waals surface area (Å²) in [6.45, 7) is 9.64. The molecule has 0 aromatic carbocycles. The lowest BCUT2D eigenvalue weighted by atomic mass is 9.71. The Morgan fingerprint density at radius 2 is 2.03 bits per heavy atom. The fraction of sp³-hybridized carbons (Fsp3) is 0.870. The van der Waals surface area contributed by atoms with E-state index in [0.717, 1.165) is 13.1 Å². The van der Waals surface area contributed by atoms with E-state index in [4.69, 9.17) is 14.2 Å². The van der Waals surface area contributed by atoms with Gasteiger partial charge in [-0.1, -0.05) is 13.8 Å². The lowest BCUT2D eigenvalue weighted by Crippen LogP contribution is -2.59. The van der Waals surface area contributed by atoms with Crippen molar-refractivity contribution in [2.24, 2.45) is 17.8 Å². The fourth-order valence-corrected chi connectivity index (χ4v) is 6.13. The molecule has 1 spiro atoms. The summed E-state index contributed by atoms with van der Waals surface area (Å²) in [6, 6.07) is -1.43. The SMILES string of the molecule is CCOC(=O)[C@@H]1[C@H]2C(=O)N([C@@H](CO)C(C)C)C(C(=O)NCCN3CCOCC3)C23CC[C@H]1O3. The molecule has 4 aliphatic rings. The van der Waals surface area contributed by atoms with E-state index in [2.05, 4.69) is 10.2 Å². The minimum Gasteiger partial charge on any atom is -0.466 e. The van der Waals surface area contributed by atoms with Crippen LogP contribution in [0.4, 0.5) is 0 Å². The van der Waals surface area contributed by atoms with Crippen molar-refractivity contribution in [1.82, 2.24) is 15.1 Å². The number of ether oxygens (including phenoxy) is 3. The third-order valence-corrected chi connectivity index (χ3v) is 7.69. The first-order chi connectivity index (χ1) is 15.9. The van der Waals surface area contributed by atoms with E-state index in [1.807, 2.05) is 13.8 Å². The second-order valence-corrected chi connectivity index (χ2v) is 9.79. The van der Waals surface area contributed by atoms with Crippen LogP contribution in [0.25, 0.3) is 0 Å². The van der Waals surface area contributed by atoms with Gasteiger partial charge in [0.2, 0.25) is 11.8 Å². The molecule has 0 saturated carbocycles. The summed E-state index contributed by atoms with van der Waals surface area (Å²) in [4.78, 5) is 43.9. The zero-order valence-corrected chi connectivity index (χ0v) is 19.8. The van der Waals surface area contributed by atoms with Crippen molar-refractivity contribution in [3.05, 3.63) is 0 Å². The lowest BCUT2D eigenvalue weighted by Gasteiger charge is -2.38. The molecule has 0 aromatic rings. The Labute approximate surface area is 194 Å². The molecule has 10 nitrogen and oxygen atoms in total. The molecule has 10 heteroatoms. The maximum Gasteiger partial charge on any atom is 0.312 e. The van der Waals surface area contributed by atoms with E-state index in [1.165, 1.54) is 4.90 Å². The number of aliphatic hydroxyl groups is 1. The van der Waals surface area contributed by atoms with Crippen LogP contribution >= 0.6 is 0 Å². The number of nitrogens with zero attached hydrogens (tertiary/aromatic N) is 2. The highest BCUT2D eigenvalue weighted by Gasteiger charge is 2.75. The standard InChI is InChI=1S/C23H37N3O7/c1-4-32-22(30)17-16-5-6-23(33-16)18(17)21(29)26(15(13-27)14(2)3)19(23)20(28)24-7-8-25-9-11-31-12-10-25/h14-19,27H,4-13H2,1-3H3,(H,24,28)/t15-,16+,17-,18-,19?,23?/m0/s1. The normalized spacial score (nSPS) is 34.6. The summed E-state index contributed by atoms with van der Waals surface area (Å²) in [6.07, 6.45) is 0.706. The molecule has 2 amide bonds. The number of esters is 1. The summed E-state index contributed by atoms with van der Waals surface area (Å²) < 4.78 is 17.0. The smallest absolute Gasteiger partial charge is 0.312 e. The molecule has 6 atom stereocenters. The first-order valence-corrected chi connectivity index (χ1v) is 12.2. The van der Waals surface area contributed by atoms with Gasteiger partial charge in [-0.2, -0.15) is 0 Å². The summed E-state index contributed by atoms with van der Waals surface area (Å²) in [5.41, 5.74) is -1.06. The molecule has 4 saturated heterocycles. The Hall–Kier alpha value is -1.75. The van der Waals surface area contributed by atoms with Crippen LogP contribution < -0.4 is 5.32 Å². The van der Waals surface area contributed by atoms with Crippen LogP contribution in [0.2, 0.25) is 0 Å². The minimum absolute atomic E-state index is 0.0731. The highest BCUT2D eigenvalue weighted by Crippen LogP contribution is 2.59.